The van der Waals surface area contributed by atoms with E-state index in [1.54, 1.807) is 6.92 Å². The lowest BCUT2D eigenvalue weighted by atomic mass is 10.1. The Morgan fingerprint density at radius 3 is 2.66 bits per heavy atom. The van der Waals surface area contributed by atoms with Crippen LogP contribution in [0.5, 0.6) is 0 Å². The number of nitrogens with zero attached hydrogens (tertiary/aromatic N) is 3. The summed E-state index contributed by atoms with van der Waals surface area (Å²) in [7, 11) is 0. The van der Waals surface area contributed by atoms with Crippen molar-refractivity contribution in [3.05, 3.63) is 85.7 Å². The Kier molecular flexibility index (Phi) is 7.31. The first-order valence-electron chi connectivity index (χ1n) is 11.4. The monoisotopic (exact) mass is 493 g/mol. The van der Waals surface area contributed by atoms with Crippen LogP contribution in [0.3, 0.4) is 0 Å². The highest BCUT2D eigenvalue weighted by Gasteiger charge is 2.26. The van der Waals surface area contributed by atoms with Crippen LogP contribution >= 0.6 is 11.3 Å². The van der Waals surface area contributed by atoms with Crippen LogP contribution in [0.4, 0.5) is 11.5 Å². The molecular formula is C25H27N5O4S. The van der Waals surface area contributed by atoms with E-state index in [0.717, 1.165) is 16.9 Å². The van der Waals surface area contributed by atoms with Crippen LogP contribution in [0.25, 0.3) is 10.8 Å². The smallest absolute Gasteiger partial charge is 0.330 e. The van der Waals surface area contributed by atoms with Crippen LogP contribution in [0.1, 0.15) is 36.8 Å². The Morgan fingerprint density at radius 2 is 1.97 bits per heavy atom. The maximum Gasteiger partial charge on any atom is 0.330 e. The molecule has 0 aliphatic heterocycles. The molecule has 35 heavy (non-hydrogen) atoms. The number of nitrogens with one attached hydrogen (secondary N) is 1. The van der Waals surface area contributed by atoms with Gasteiger partial charge in [0.1, 0.15) is 11.6 Å². The van der Waals surface area contributed by atoms with E-state index in [0.29, 0.717) is 30.3 Å². The minimum atomic E-state index is -0.708. The number of rotatable bonds is 9. The van der Waals surface area contributed by atoms with Gasteiger partial charge >= 0.3 is 5.69 Å². The fourth-order valence-corrected chi connectivity index (χ4v) is 4.42. The number of aromatic amines is 1. The number of nitrogen functional groups attached to an aromatic ring is 1. The second-order valence-electron chi connectivity index (χ2n) is 8.14. The van der Waals surface area contributed by atoms with Gasteiger partial charge in [-0.3, -0.25) is 24.0 Å². The SMILES string of the molecule is CCCCn1c(N)c(N(Cc2ccccc2)C(=O)Cc2nc(-c3cccs3)oc2C)c(=O)[nH]c1=O. The number of oxazole rings is 1. The second-order valence-corrected chi connectivity index (χ2v) is 9.09. The Labute approximate surface area is 205 Å². The van der Waals surface area contributed by atoms with Gasteiger partial charge < -0.3 is 10.2 Å². The van der Waals surface area contributed by atoms with Crippen LogP contribution in [0, 0.1) is 6.92 Å². The third-order valence-corrected chi connectivity index (χ3v) is 6.51. The predicted molar refractivity (Wildman–Crippen MR) is 137 cm³/mol. The van der Waals surface area contributed by atoms with Gasteiger partial charge in [0.2, 0.25) is 11.8 Å². The summed E-state index contributed by atoms with van der Waals surface area (Å²) in [5, 5.41) is 1.92. The number of benzene rings is 1. The molecule has 0 fully saturated rings. The van der Waals surface area contributed by atoms with E-state index < -0.39 is 11.2 Å². The molecule has 0 spiro atoms. The average molecular weight is 494 g/mol. The molecule has 0 saturated carbocycles. The number of hydrogen-bond acceptors (Lipinski definition) is 7. The van der Waals surface area contributed by atoms with Crippen molar-refractivity contribution in [1.82, 2.24) is 14.5 Å². The molecule has 0 aliphatic carbocycles. The molecule has 1 amide bonds. The largest absolute Gasteiger partial charge is 0.440 e. The number of hydrogen-bond donors (Lipinski definition) is 2. The summed E-state index contributed by atoms with van der Waals surface area (Å²) in [5.41, 5.74) is 6.26. The number of carbonyl (C=O) groups is 1. The van der Waals surface area contributed by atoms with Gasteiger partial charge in [-0.2, -0.15) is 0 Å². The van der Waals surface area contributed by atoms with Gasteiger partial charge in [-0.15, -0.1) is 11.3 Å². The maximum atomic E-state index is 13.6. The standard InChI is InChI=1S/C25H27N5O4S/c1-3-4-12-29-22(26)21(23(32)28-25(29)33)30(15-17-9-6-5-7-10-17)20(31)14-18-16(2)34-24(27-18)19-11-8-13-35-19/h5-11,13H,3-4,12,14-15,26H2,1-2H3,(H,28,32,33). The van der Waals surface area contributed by atoms with Gasteiger partial charge in [-0.25, -0.2) is 9.78 Å². The zero-order chi connectivity index (χ0) is 24.9. The molecule has 0 radical (unpaired) electrons. The highest BCUT2D eigenvalue weighted by Crippen LogP contribution is 2.27. The molecule has 3 aromatic heterocycles. The van der Waals surface area contributed by atoms with Gasteiger partial charge in [0.15, 0.2) is 5.69 Å². The van der Waals surface area contributed by atoms with Crippen molar-refractivity contribution in [1.29, 1.82) is 0 Å². The van der Waals surface area contributed by atoms with Gasteiger partial charge in [-0.1, -0.05) is 49.7 Å². The second kappa shape index (κ2) is 10.6. The van der Waals surface area contributed by atoms with Crippen molar-refractivity contribution in [3.63, 3.8) is 0 Å². The topological polar surface area (TPSA) is 127 Å². The van der Waals surface area contributed by atoms with Crippen LogP contribution < -0.4 is 21.9 Å². The minimum Gasteiger partial charge on any atom is -0.440 e. The number of thiophene rings is 1. The van der Waals surface area contributed by atoms with Gasteiger partial charge in [0.05, 0.1) is 23.5 Å². The Bertz CT molecular complexity index is 1420. The van der Waals surface area contributed by atoms with Crippen LogP contribution in [-0.4, -0.2) is 20.4 Å². The first kappa shape index (κ1) is 24.2. The highest BCUT2D eigenvalue weighted by atomic mass is 32.1. The molecule has 0 bridgehead atoms. The number of amides is 1. The van der Waals surface area contributed by atoms with E-state index in [4.69, 9.17) is 10.2 Å². The Balaban J connectivity index is 1.74. The lowest BCUT2D eigenvalue weighted by Crippen LogP contribution is -2.41. The van der Waals surface area contributed by atoms with Gasteiger partial charge in [0, 0.05) is 6.54 Å². The molecule has 3 N–H and O–H groups in total. The lowest BCUT2D eigenvalue weighted by Gasteiger charge is -2.24. The van der Waals surface area contributed by atoms with Crippen LogP contribution in [0.15, 0.2) is 61.9 Å². The molecule has 0 atom stereocenters. The average Bonchev–Trinajstić information content (AvgIpc) is 3.49. The maximum absolute atomic E-state index is 13.6. The van der Waals surface area contributed by atoms with Crippen molar-refractivity contribution < 1.29 is 9.21 Å². The molecule has 10 heteroatoms. The normalized spacial score (nSPS) is 11.0. The quantitative estimate of drug-likeness (QED) is 0.366. The Hall–Kier alpha value is -3.92. The number of unbranched alkanes of at least 4 members (excludes halogenated alkanes) is 1. The molecule has 4 rings (SSSR count). The number of anilines is 2. The summed E-state index contributed by atoms with van der Waals surface area (Å²) < 4.78 is 7.09. The molecule has 1 aromatic carbocycles. The van der Waals surface area contributed by atoms with E-state index in [-0.39, 0.29) is 30.4 Å². The van der Waals surface area contributed by atoms with Crippen molar-refractivity contribution in [2.45, 2.75) is 46.2 Å². The lowest BCUT2D eigenvalue weighted by molar-refractivity contribution is -0.118. The fraction of sp³-hybridized carbons (Fsp3) is 0.280. The summed E-state index contributed by atoms with van der Waals surface area (Å²) >= 11 is 1.49. The van der Waals surface area contributed by atoms with Crippen LogP contribution in [-0.2, 0) is 24.3 Å². The van der Waals surface area contributed by atoms with Crippen LogP contribution in [0.2, 0.25) is 0 Å². The van der Waals surface area contributed by atoms with Gasteiger partial charge in [-0.05, 0) is 30.4 Å². The number of aromatic nitrogens is 3. The molecule has 9 nitrogen and oxygen atoms in total. The molecule has 0 saturated heterocycles. The fourth-order valence-electron chi connectivity index (χ4n) is 3.77. The zero-order valence-electron chi connectivity index (χ0n) is 19.6. The minimum absolute atomic E-state index is 0.0346. The Morgan fingerprint density at radius 1 is 1.20 bits per heavy atom. The van der Waals surface area contributed by atoms with E-state index in [9.17, 15) is 14.4 Å². The predicted octanol–water partition coefficient (Wildman–Crippen LogP) is 3.72. The summed E-state index contributed by atoms with van der Waals surface area (Å²) in [6.45, 7) is 4.18. The molecule has 0 unspecified atom stereocenters. The summed E-state index contributed by atoms with van der Waals surface area (Å²) in [5.74, 6) is 0.546. The van der Waals surface area contributed by atoms with Crippen molar-refractivity contribution in [3.8, 4) is 10.8 Å². The number of nitrogens with two attached hydrogens (primary N) is 1. The highest BCUT2D eigenvalue weighted by molar-refractivity contribution is 7.13. The summed E-state index contributed by atoms with van der Waals surface area (Å²) in [6, 6.07) is 13.1. The number of H-pyrrole nitrogens is 1. The number of aryl methyl sites for hydroxylation is 1. The summed E-state index contributed by atoms with van der Waals surface area (Å²) in [6.07, 6.45) is 1.44. The first-order valence-corrected chi connectivity index (χ1v) is 12.2. The number of carbonyl (C=O) groups excluding carboxylic acids is 1. The van der Waals surface area contributed by atoms with Crippen molar-refractivity contribution in [2.75, 3.05) is 10.6 Å². The van der Waals surface area contributed by atoms with E-state index in [2.05, 4.69) is 9.97 Å². The first-order chi connectivity index (χ1) is 16.9. The zero-order valence-corrected chi connectivity index (χ0v) is 20.4. The summed E-state index contributed by atoms with van der Waals surface area (Å²) in [4.78, 5) is 48.0. The van der Waals surface area contributed by atoms with E-state index in [1.807, 2.05) is 54.8 Å². The van der Waals surface area contributed by atoms with Crippen molar-refractivity contribution in [2.24, 2.45) is 0 Å². The third kappa shape index (κ3) is 5.27. The van der Waals surface area contributed by atoms with E-state index >= 15 is 0 Å². The molecule has 3 heterocycles. The van der Waals surface area contributed by atoms with E-state index in [1.165, 1.54) is 20.8 Å². The third-order valence-electron chi connectivity index (χ3n) is 5.65. The van der Waals surface area contributed by atoms with Crippen molar-refractivity contribution >= 4 is 28.7 Å². The molecule has 182 valence electrons. The molecule has 0 aliphatic rings. The molecule has 4 aromatic rings. The van der Waals surface area contributed by atoms with Gasteiger partial charge in [0.25, 0.3) is 5.56 Å². The molecular weight excluding hydrogens is 466 g/mol.